The monoisotopic (exact) mass is 311 g/mol. The molecule has 0 unspecified atom stereocenters. The molecule has 3 rings (SSSR count). The minimum absolute atomic E-state index is 0.111. The van der Waals surface area contributed by atoms with Crippen molar-refractivity contribution in [3.8, 4) is 0 Å². The highest BCUT2D eigenvalue weighted by Gasteiger charge is 2.07. The first kappa shape index (κ1) is 15.4. The highest BCUT2D eigenvalue weighted by Crippen LogP contribution is 2.18. The SMILES string of the molecule is C[C@H](OCCCNc1ncnc2c1cnn2C)c1ccccc1. The molecule has 0 saturated heterocycles. The van der Waals surface area contributed by atoms with E-state index in [1.165, 1.54) is 5.56 Å². The highest BCUT2D eigenvalue weighted by atomic mass is 16.5. The van der Waals surface area contributed by atoms with E-state index < -0.39 is 0 Å². The van der Waals surface area contributed by atoms with Gasteiger partial charge in [0.2, 0.25) is 0 Å². The summed E-state index contributed by atoms with van der Waals surface area (Å²) in [7, 11) is 1.87. The van der Waals surface area contributed by atoms with Crippen molar-refractivity contribution in [2.24, 2.45) is 7.05 Å². The van der Waals surface area contributed by atoms with Crippen molar-refractivity contribution >= 4 is 16.9 Å². The average Bonchev–Trinajstić information content (AvgIpc) is 2.97. The van der Waals surface area contributed by atoms with Gasteiger partial charge in [0.25, 0.3) is 0 Å². The number of rotatable bonds is 7. The lowest BCUT2D eigenvalue weighted by Crippen LogP contribution is -2.09. The molecule has 0 saturated carbocycles. The van der Waals surface area contributed by atoms with Gasteiger partial charge in [-0.25, -0.2) is 9.97 Å². The minimum atomic E-state index is 0.111. The quantitative estimate of drug-likeness (QED) is 0.680. The predicted octanol–water partition coefficient (Wildman–Crippen LogP) is 2.94. The molecular weight excluding hydrogens is 290 g/mol. The van der Waals surface area contributed by atoms with Crippen LogP contribution in [0.5, 0.6) is 0 Å². The Morgan fingerprint density at radius 2 is 2.04 bits per heavy atom. The van der Waals surface area contributed by atoms with E-state index in [1.54, 1.807) is 17.2 Å². The van der Waals surface area contributed by atoms with Crippen LogP contribution in [-0.2, 0) is 11.8 Å². The summed E-state index contributed by atoms with van der Waals surface area (Å²) in [4.78, 5) is 8.51. The molecule has 120 valence electrons. The van der Waals surface area contributed by atoms with Gasteiger partial charge < -0.3 is 10.1 Å². The van der Waals surface area contributed by atoms with E-state index in [4.69, 9.17) is 4.74 Å². The van der Waals surface area contributed by atoms with Crippen LogP contribution in [0.1, 0.15) is 25.0 Å². The summed E-state index contributed by atoms with van der Waals surface area (Å²) in [6.45, 7) is 3.57. The molecule has 2 aromatic heterocycles. The lowest BCUT2D eigenvalue weighted by molar-refractivity contribution is 0.0656. The molecule has 0 fully saturated rings. The molecule has 23 heavy (non-hydrogen) atoms. The predicted molar refractivity (Wildman–Crippen MR) is 90.2 cm³/mol. The van der Waals surface area contributed by atoms with Gasteiger partial charge in [-0.05, 0) is 18.9 Å². The molecule has 6 heteroatoms. The van der Waals surface area contributed by atoms with Crippen LogP contribution in [0, 0.1) is 0 Å². The van der Waals surface area contributed by atoms with Crippen LogP contribution in [0.4, 0.5) is 5.82 Å². The third kappa shape index (κ3) is 3.65. The molecular formula is C17H21N5O. The standard InChI is InChI=1S/C17H21N5O/c1-13(14-7-4-3-5-8-14)23-10-6-9-18-16-15-11-21-22(2)17(15)20-12-19-16/h3-5,7-8,11-13H,6,9-10H2,1-2H3,(H,18,19,20)/t13-/m0/s1. The number of hydrogen-bond acceptors (Lipinski definition) is 5. The zero-order valence-electron chi connectivity index (χ0n) is 13.4. The Hall–Kier alpha value is -2.47. The van der Waals surface area contributed by atoms with Gasteiger partial charge in [0, 0.05) is 20.2 Å². The lowest BCUT2D eigenvalue weighted by atomic mass is 10.1. The van der Waals surface area contributed by atoms with Crippen LogP contribution in [0.25, 0.3) is 11.0 Å². The summed E-state index contributed by atoms with van der Waals surface area (Å²) in [5.41, 5.74) is 2.03. The average molecular weight is 311 g/mol. The maximum Gasteiger partial charge on any atom is 0.163 e. The number of nitrogens with one attached hydrogen (secondary N) is 1. The smallest absolute Gasteiger partial charge is 0.163 e. The van der Waals surface area contributed by atoms with Crippen molar-refractivity contribution in [1.29, 1.82) is 0 Å². The van der Waals surface area contributed by atoms with Gasteiger partial charge in [0.1, 0.15) is 12.1 Å². The summed E-state index contributed by atoms with van der Waals surface area (Å²) in [6, 6.07) is 10.3. The molecule has 1 atom stereocenters. The van der Waals surface area contributed by atoms with Gasteiger partial charge in [-0.3, -0.25) is 4.68 Å². The van der Waals surface area contributed by atoms with E-state index >= 15 is 0 Å². The van der Waals surface area contributed by atoms with Crippen LogP contribution < -0.4 is 5.32 Å². The maximum atomic E-state index is 5.87. The molecule has 0 aliphatic carbocycles. The first-order valence-electron chi connectivity index (χ1n) is 7.79. The molecule has 0 aliphatic heterocycles. The largest absolute Gasteiger partial charge is 0.374 e. The van der Waals surface area contributed by atoms with Crippen molar-refractivity contribution in [3.05, 3.63) is 48.4 Å². The maximum absolute atomic E-state index is 5.87. The molecule has 1 N–H and O–H groups in total. The van der Waals surface area contributed by atoms with Gasteiger partial charge in [-0.2, -0.15) is 5.10 Å². The lowest BCUT2D eigenvalue weighted by Gasteiger charge is -2.13. The number of aryl methyl sites for hydroxylation is 1. The van der Waals surface area contributed by atoms with Gasteiger partial charge in [0.05, 0.1) is 17.7 Å². The molecule has 2 heterocycles. The Morgan fingerprint density at radius 3 is 2.87 bits per heavy atom. The van der Waals surface area contributed by atoms with Crippen molar-refractivity contribution < 1.29 is 4.74 Å². The second-order valence-corrected chi connectivity index (χ2v) is 5.43. The number of ether oxygens (including phenoxy) is 1. The van der Waals surface area contributed by atoms with E-state index in [1.807, 2.05) is 25.2 Å². The fourth-order valence-corrected chi connectivity index (χ4v) is 2.46. The van der Waals surface area contributed by atoms with E-state index in [0.717, 1.165) is 29.8 Å². The first-order chi connectivity index (χ1) is 11.3. The molecule has 0 radical (unpaired) electrons. The van der Waals surface area contributed by atoms with Crippen LogP contribution in [0.15, 0.2) is 42.9 Å². The summed E-state index contributed by atoms with van der Waals surface area (Å²) in [6.07, 6.45) is 4.36. The number of aromatic nitrogens is 4. The van der Waals surface area contributed by atoms with Gasteiger partial charge in [-0.1, -0.05) is 30.3 Å². The molecule has 0 amide bonds. The Labute approximate surface area is 135 Å². The summed E-state index contributed by atoms with van der Waals surface area (Å²) >= 11 is 0. The van der Waals surface area contributed by atoms with Crippen LogP contribution in [-0.4, -0.2) is 32.9 Å². The molecule has 1 aromatic carbocycles. The number of fused-ring (bicyclic) bond motifs is 1. The van der Waals surface area contributed by atoms with E-state index in [2.05, 4.69) is 39.4 Å². The molecule has 6 nitrogen and oxygen atoms in total. The minimum Gasteiger partial charge on any atom is -0.374 e. The Balaban J connectivity index is 1.46. The van der Waals surface area contributed by atoms with Crippen molar-refractivity contribution in [1.82, 2.24) is 19.7 Å². The van der Waals surface area contributed by atoms with Crippen LogP contribution in [0.3, 0.4) is 0 Å². The molecule has 3 aromatic rings. The Kier molecular flexibility index (Phi) is 4.83. The van der Waals surface area contributed by atoms with E-state index in [9.17, 15) is 0 Å². The van der Waals surface area contributed by atoms with Crippen molar-refractivity contribution in [2.45, 2.75) is 19.4 Å². The first-order valence-corrected chi connectivity index (χ1v) is 7.79. The number of nitrogens with zero attached hydrogens (tertiary/aromatic N) is 4. The Bertz CT molecular complexity index is 756. The number of hydrogen-bond donors (Lipinski definition) is 1. The topological polar surface area (TPSA) is 64.9 Å². The third-order valence-electron chi connectivity index (χ3n) is 3.78. The van der Waals surface area contributed by atoms with Crippen molar-refractivity contribution in [2.75, 3.05) is 18.5 Å². The van der Waals surface area contributed by atoms with E-state index in [-0.39, 0.29) is 6.10 Å². The molecule has 0 aliphatic rings. The normalized spacial score (nSPS) is 12.4. The summed E-state index contributed by atoms with van der Waals surface area (Å²) < 4.78 is 7.61. The van der Waals surface area contributed by atoms with Gasteiger partial charge >= 0.3 is 0 Å². The fraction of sp³-hybridized carbons (Fsp3) is 0.353. The Morgan fingerprint density at radius 1 is 1.22 bits per heavy atom. The third-order valence-corrected chi connectivity index (χ3v) is 3.78. The molecule has 0 spiro atoms. The molecule has 0 bridgehead atoms. The fourth-order valence-electron chi connectivity index (χ4n) is 2.46. The zero-order chi connectivity index (χ0) is 16.1. The van der Waals surface area contributed by atoms with Crippen molar-refractivity contribution in [3.63, 3.8) is 0 Å². The van der Waals surface area contributed by atoms with Crippen LogP contribution in [0.2, 0.25) is 0 Å². The second kappa shape index (κ2) is 7.19. The highest BCUT2D eigenvalue weighted by molar-refractivity contribution is 5.85. The summed E-state index contributed by atoms with van der Waals surface area (Å²) in [5, 5.41) is 8.48. The van der Waals surface area contributed by atoms with Gasteiger partial charge in [0.15, 0.2) is 5.65 Å². The van der Waals surface area contributed by atoms with Gasteiger partial charge in [-0.15, -0.1) is 0 Å². The zero-order valence-corrected chi connectivity index (χ0v) is 13.4. The number of benzene rings is 1. The van der Waals surface area contributed by atoms with E-state index in [0.29, 0.717) is 6.61 Å². The van der Waals surface area contributed by atoms with Crippen LogP contribution >= 0.6 is 0 Å². The number of anilines is 1. The second-order valence-electron chi connectivity index (χ2n) is 5.43. The summed E-state index contributed by atoms with van der Waals surface area (Å²) in [5.74, 6) is 0.819.